The number of aromatic amines is 1. The van der Waals surface area contributed by atoms with Crippen molar-refractivity contribution >= 4 is 34.0 Å². The number of ether oxygens (including phenoxy) is 1. The standard InChI is InChI=1S/C22H22Cl2N4O3/c1-27-6-5-15-17(3-2-16(23)18(15)21(27)30)31-14-8-22(9-14)11-28(12-22)7-4-13-10-25-26-20(29)19(13)24/h2-3,5-6,10,14H,4,7-9,11-12H2,1H3,(H,26,29). The highest BCUT2D eigenvalue weighted by atomic mass is 35.5. The number of hydrogen-bond donors (Lipinski definition) is 1. The first-order valence-electron chi connectivity index (χ1n) is 10.2. The van der Waals surface area contributed by atoms with Crippen LogP contribution in [0.25, 0.3) is 10.8 Å². The number of nitrogens with one attached hydrogen (secondary N) is 1. The van der Waals surface area contributed by atoms with Crippen molar-refractivity contribution in [2.24, 2.45) is 12.5 Å². The molecule has 31 heavy (non-hydrogen) atoms. The molecule has 3 aromatic rings. The van der Waals surface area contributed by atoms with E-state index >= 15 is 0 Å². The van der Waals surface area contributed by atoms with Gasteiger partial charge >= 0.3 is 0 Å². The van der Waals surface area contributed by atoms with Gasteiger partial charge in [0.05, 0.1) is 22.7 Å². The van der Waals surface area contributed by atoms with E-state index in [2.05, 4.69) is 15.1 Å². The molecule has 3 heterocycles. The molecule has 1 aromatic carbocycles. The molecular weight excluding hydrogens is 439 g/mol. The Hall–Kier alpha value is -2.35. The lowest BCUT2D eigenvalue weighted by Crippen LogP contribution is -2.64. The van der Waals surface area contributed by atoms with Crippen molar-refractivity contribution in [3.8, 4) is 5.75 Å². The molecule has 1 aliphatic heterocycles. The van der Waals surface area contributed by atoms with Gasteiger partial charge in [0.1, 0.15) is 10.8 Å². The first-order chi connectivity index (χ1) is 14.8. The van der Waals surface area contributed by atoms with Gasteiger partial charge in [-0.1, -0.05) is 23.2 Å². The number of hydrogen-bond acceptors (Lipinski definition) is 5. The summed E-state index contributed by atoms with van der Waals surface area (Å²) < 4.78 is 7.77. The third kappa shape index (κ3) is 3.64. The van der Waals surface area contributed by atoms with E-state index in [1.165, 1.54) is 4.57 Å². The van der Waals surface area contributed by atoms with Gasteiger partial charge in [-0.3, -0.25) is 9.59 Å². The molecule has 5 rings (SSSR count). The topological polar surface area (TPSA) is 80.2 Å². The Labute approximate surface area is 188 Å². The Morgan fingerprint density at radius 3 is 2.77 bits per heavy atom. The van der Waals surface area contributed by atoms with Gasteiger partial charge in [0, 0.05) is 43.7 Å². The van der Waals surface area contributed by atoms with Crippen molar-refractivity contribution < 1.29 is 4.74 Å². The van der Waals surface area contributed by atoms with E-state index in [1.54, 1.807) is 25.5 Å². The second kappa shape index (κ2) is 7.65. The minimum atomic E-state index is -0.342. The molecule has 1 saturated carbocycles. The fourth-order valence-corrected chi connectivity index (χ4v) is 5.28. The van der Waals surface area contributed by atoms with Crippen LogP contribution in [0.4, 0.5) is 0 Å². The third-order valence-electron chi connectivity index (χ3n) is 6.45. The summed E-state index contributed by atoms with van der Waals surface area (Å²) in [4.78, 5) is 26.4. The second-order valence-electron chi connectivity index (χ2n) is 8.71. The van der Waals surface area contributed by atoms with Crippen LogP contribution in [0.1, 0.15) is 18.4 Å². The van der Waals surface area contributed by atoms with Crippen molar-refractivity contribution in [2.75, 3.05) is 19.6 Å². The number of halogens is 2. The molecule has 0 atom stereocenters. The van der Waals surface area contributed by atoms with Crippen LogP contribution in [0, 0.1) is 5.41 Å². The zero-order chi connectivity index (χ0) is 21.8. The number of likely N-dealkylation sites (tertiary alicyclic amines) is 1. The molecule has 0 radical (unpaired) electrons. The van der Waals surface area contributed by atoms with Gasteiger partial charge < -0.3 is 14.2 Å². The fourth-order valence-electron chi connectivity index (χ4n) is 4.85. The second-order valence-corrected chi connectivity index (χ2v) is 9.50. The molecular formula is C22H22Cl2N4O3. The average molecular weight is 461 g/mol. The molecule has 2 aromatic heterocycles. The first-order valence-corrected chi connectivity index (χ1v) is 11.0. The number of nitrogens with zero attached hydrogens (tertiary/aromatic N) is 3. The van der Waals surface area contributed by atoms with Crippen molar-refractivity contribution in [2.45, 2.75) is 25.4 Å². The summed E-state index contributed by atoms with van der Waals surface area (Å²) >= 11 is 12.3. The van der Waals surface area contributed by atoms with E-state index in [4.69, 9.17) is 27.9 Å². The fraction of sp³-hybridized carbons (Fsp3) is 0.409. The lowest BCUT2D eigenvalue weighted by molar-refractivity contribution is -0.118. The number of pyridine rings is 1. The maximum absolute atomic E-state index is 12.5. The van der Waals surface area contributed by atoms with E-state index in [0.29, 0.717) is 28.0 Å². The van der Waals surface area contributed by atoms with Crippen LogP contribution < -0.4 is 15.9 Å². The summed E-state index contributed by atoms with van der Waals surface area (Å²) in [6.07, 6.45) is 6.19. The molecule has 0 unspecified atom stereocenters. The van der Waals surface area contributed by atoms with Crippen molar-refractivity contribution in [1.29, 1.82) is 0 Å². The van der Waals surface area contributed by atoms with Crippen LogP contribution in [-0.2, 0) is 13.5 Å². The summed E-state index contributed by atoms with van der Waals surface area (Å²) in [5.41, 5.74) is 0.621. The average Bonchev–Trinajstić information content (AvgIpc) is 2.69. The van der Waals surface area contributed by atoms with Crippen LogP contribution in [0.15, 0.2) is 40.2 Å². The highest BCUT2D eigenvalue weighted by Crippen LogP contribution is 2.50. The summed E-state index contributed by atoms with van der Waals surface area (Å²) in [5.74, 6) is 0.713. The van der Waals surface area contributed by atoms with Gasteiger partial charge in [0.2, 0.25) is 0 Å². The molecule has 162 valence electrons. The Kier molecular flexibility index (Phi) is 5.07. The number of benzene rings is 1. The van der Waals surface area contributed by atoms with Crippen LogP contribution >= 0.6 is 23.2 Å². The molecule has 1 N–H and O–H groups in total. The number of aromatic nitrogens is 3. The molecule has 2 aliphatic rings. The quantitative estimate of drug-likeness (QED) is 0.632. The van der Waals surface area contributed by atoms with Gasteiger partial charge in [-0.15, -0.1) is 0 Å². The van der Waals surface area contributed by atoms with E-state index in [9.17, 15) is 9.59 Å². The van der Waals surface area contributed by atoms with Gasteiger partial charge in [0.15, 0.2) is 0 Å². The smallest absolute Gasteiger partial charge is 0.283 e. The zero-order valence-corrected chi connectivity index (χ0v) is 18.5. The zero-order valence-electron chi connectivity index (χ0n) is 17.0. The molecule has 0 amide bonds. The molecule has 1 aliphatic carbocycles. The Morgan fingerprint density at radius 1 is 1.23 bits per heavy atom. The maximum atomic E-state index is 12.5. The van der Waals surface area contributed by atoms with Gasteiger partial charge in [0.25, 0.3) is 11.1 Å². The summed E-state index contributed by atoms with van der Waals surface area (Å²) in [7, 11) is 1.71. The van der Waals surface area contributed by atoms with Crippen LogP contribution in [0.5, 0.6) is 5.75 Å². The number of fused-ring (bicyclic) bond motifs is 1. The van der Waals surface area contributed by atoms with Gasteiger partial charge in [-0.25, -0.2) is 5.10 Å². The third-order valence-corrected chi connectivity index (χ3v) is 7.18. The molecule has 2 fully saturated rings. The van der Waals surface area contributed by atoms with Crippen LogP contribution in [0.3, 0.4) is 0 Å². The summed E-state index contributed by atoms with van der Waals surface area (Å²) in [6, 6.07) is 5.46. The first kappa shape index (κ1) is 20.5. The maximum Gasteiger partial charge on any atom is 0.283 e. The molecule has 1 spiro atoms. The lowest BCUT2D eigenvalue weighted by Gasteiger charge is -2.58. The van der Waals surface area contributed by atoms with Crippen LogP contribution in [-0.4, -0.2) is 45.4 Å². The minimum Gasteiger partial charge on any atom is -0.490 e. The largest absolute Gasteiger partial charge is 0.490 e. The van der Waals surface area contributed by atoms with E-state index in [-0.39, 0.29) is 22.2 Å². The SMILES string of the molecule is Cn1ccc2c(OC3CC4(C3)CN(CCc3cn[nH]c(=O)c3Cl)C4)ccc(Cl)c2c1=O. The van der Waals surface area contributed by atoms with Crippen molar-refractivity contribution in [1.82, 2.24) is 19.7 Å². The highest BCUT2D eigenvalue weighted by molar-refractivity contribution is 6.35. The predicted molar refractivity (Wildman–Crippen MR) is 120 cm³/mol. The number of H-pyrrole nitrogens is 1. The molecule has 1 saturated heterocycles. The van der Waals surface area contributed by atoms with Gasteiger partial charge in [-0.2, -0.15) is 5.10 Å². The Bertz CT molecular complexity index is 1270. The monoisotopic (exact) mass is 460 g/mol. The predicted octanol–water partition coefficient (Wildman–Crippen LogP) is 3.01. The van der Waals surface area contributed by atoms with E-state index in [1.807, 2.05) is 12.1 Å². The Balaban J connectivity index is 1.18. The number of rotatable bonds is 5. The Morgan fingerprint density at radius 2 is 2.00 bits per heavy atom. The van der Waals surface area contributed by atoms with Crippen LogP contribution in [0.2, 0.25) is 10.0 Å². The van der Waals surface area contributed by atoms with Crippen molar-refractivity contribution in [3.63, 3.8) is 0 Å². The van der Waals surface area contributed by atoms with E-state index in [0.717, 1.165) is 43.4 Å². The molecule has 0 bridgehead atoms. The van der Waals surface area contributed by atoms with Gasteiger partial charge in [-0.05, 0) is 43.0 Å². The molecule has 9 heteroatoms. The normalized spacial score (nSPS) is 18.2. The lowest BCUT2D eigenvalue weighted by atomic mass is 9.61. The summed E-state index contributed by atoms with van der Waals surface area (Å²) in [6.45, 7) is 2.88. The minimum absolute atomic E-state index is 0.122. The highest BCUT2D eigenvalue weighted by Gasteiger charge is 2.53. The van der Waals surface area contributed by atoms with Crippen molar-refractivity contribution in [3.05, 3.63) is 66.9 Å². The summed E-state index contributed by atoms with van der Waals surface area (Å²) in [5, 5.41) is 8.10. The molecule has 7 nitrogen and oxygen atoms in total. The van der Waals surface area contributed by atoms with E-state index < -0.39 is 0 Å². The number of aryl methyl sites for hydroxylation is 1.